The van der Waals surface area contributed by atoms with E-state index in [2.05, 4.69) is 34.6 Å². The third-order valence-electron chi connectivity index (χ3n) is 2.71. The summed E-state index contributed by atoms with van der Waals surface area (Å²) in [7, 11) is 1.96. The largest absolute Gasteiger partial charge is 0.316 e. The number of aromatic amines is 1. The van der Waals surface area contributed by atoms with Gasteiger partial charge in [-0.2, -0.15) is 5.10 Å². The first kappa shape index (κ1) is 10.9. The van der Waals surface area contributed by atoms with Crippen LogP contribution in [0.1, 0.15) is 18.2 Å². The van der Waals surface area contributed by atoms with Crippen molar-refractivity contribution in [3.8, 4) is 11.3 Å². The summed E-state index contributed by atoms with van der Waals surface area (Å²) >= 11 is 0. The fraction of sp³-hybridized carbons (Fsp3) is 0.308. The predicted octanol–water partition coefficient (Wildman–Crippen LogP) is 2.36. The van der Waals surface area contributed by atoms with Crippen molar-refractivity contribution in [1.29, 1.82) is 0 Å². The molecule has 0 aliphatic heterocycles. The van der Waals surface area contributed by atoms with Gasteiger partial charge in [-0.25, -0.2) is 0 Å². The van der Waals surface area contributed by atoms with Crippen LogP contribution in [0, 0.1) is 0 Å². The average Bonchev–Trinajstić information content (AvgIpc) is 2.74. The molecule has 0 bridgehead atoms. The molecule has 0 amide bonds. The van der Waals surface area contributed by atoms with E-state index in [0.717, 1.165) is 18.7 Å². The van der Waals surface area contributed by atoms with Gasteiger partial charge in [-0.1, -0.05) is 37.3 Å². The van der Waals surface area contributed by atoms with Gasteiger partial charge < -0.3 is 5.32 Å². The van der Waals surface area contributed by atoms with Crippen LogP contribution >= 0.6 is 0 Å². The van der Waals surface area contributed by atoms with Gasteiger partial charge in [0.1, 0.15) is 0 Å². The third-order valence-corrected chi connectivity index (χ3v) is 2.71. The highest BCUT2D eigenvalue weighted by Gasteiger charge is 2.12. The molecule has 0 spiro atoms. The van der Waals surface area contributed by atoms with Crippen LogP contribution < -0.4 is 5.32 Å². The molecule has 2 aromatic rings. The van der Waals surface area contributed by atoms with Crippen LogP contribution in [0.25, 0.3) is 11.3 Å². The maximum absolute atomic E-state index is 4.41. The molecule has 3 heteroatoms. The van der Waals surface area contributed by atoms with Gasteiger partial charge in [-0.3, -0.25) is 5.10 Å². The lowest BCUT2D eigenvalue weighted by molar-refractivity contribution is 0.805. The van der Waals surface area contributed by atoms with Crippen molar-refractivity contribution in [2.75, 3.05) is 7.05 Å². The summed E-state index contributed by atoms with van der Waals surface area (Å²) in [5, 5.41) is 10.7. The Bertz CT molecular complexity index is 445. The number of aryl methyl sites for hydroxylation is 1. The summed E-state index contributed by atoms with van der Waals surface area (Å²) in [5.74, 6) is 0. The Kier molecular flexibility index (Phi) is 3.37. The van der Waals surface area contributed by atoms with E-state index < -0.39 is 0 Å². The highest BCUT2D eigenvalue weighted by Crippen LogP contribution is 2.23. The van der Waals surface area contributed by atoms with Crippen molar-refractivity contribution in [1.82, 2.24) is 15.5 Å². The minimum Gasteiger partial charge on any atom is -0.316 e. The number of H-pyrrole nitrogens is 1. The lowest BCUT2D eigenvalue weighted by Crippen LogP contribution is -2.07. The number of nitrogens with zero attached hydrogens (tertiary/aromatic N) is 1. The Labute approximate surface area is 95.9 Å². The highest BCUT2D eigenvalue weighted by molar-refractivity contribution is 5.63. The molecule has 0 unspecified atom stereocenters. The molecule has 1 aromatic heterocycles. The molecular formula is C13H17N3. The van der Waals surface area contributed by atoms with E-state index in [4.69, 9.17) is 0 Å². The van der Waals surface area contributed by atoms with E-state index in [1.165, 1.54) is 16.8 Å². The molecule has 16 heavy (non-hydrogen) atoms. The fourth-order valence-electron chi connectivity index (χ4n) is 1.90. The van der Waals surface area contributed by atoms with Gasteiger partial charge in [0.25, 0.3) is 0 Å². The van der Waals surface area contributed by atoms with E-state index in [0.29, 0.717) is 0 Å². The minimum absolute atomic E-state index is 0.851. The molecule has 0 fully saturated rings. The van der Waals surface area contributed by atoms with Crippen molar-refractivity contribution in [3.05, 3.63) is 41.6 Å². The van der Waals surface area contributed by atoms with Gasteiger partial charge in [0.05, 0.1) is 5.69 Å². The SMILES string of the molecule is CCc1[nH]nc(-c2ccccc2)c1CNC. The normalized spacial score (nSPS) is 10.6. The monoisotopic (exact) mass is 215 g/mol. The first-order valence-corrected chi connectivity index (χ1v) is 5.63. The highest BCUT2D eigenvalue weighted by atomic mass is 15.1. The van der Waals surface area contributed by atoms with Crippen LogP contribution in [0.15, 0.2) is 30.3 Å². The zero-order valence-corrected chi connectivity index (χ0v) is 9.75. The Hall–Kier alpha value is -1.61. The quantitative estimate of drug-likeness (QED) is 0.822. The molecule has 0 atom stereocenters. The molecule has 0 saturated carbocycles. The predicted molar refractivity (Wildman–Crippen MR) is 66.2 cm³/mol. The molecule has 84 valence electrons. The number of hydrogen-bond donors (Lipinski definition) is 2. The van der Waals surface area contributed by atoms with Crippen LogP contribution in [0.2, 0.25) is 0 Å². The van der Waals surface area contributed by atoms with Gasteiger partial charge in [-0.05, 0) is 13.5 Å². The second-order valence-corrected chi connectivity index (χ2v) is 3.78. The Morgan fingerprint density at radius 1 is 1.25 bits per heavy atom. The second-order valence-electron chi connectivity index (χ2n) is 3.78. The maximum atomic E-state index is 4.41. The second kappa shape index (κ2) is 4.94. The Morgan fingerprint density at radius 3 is 2.62 bits per heavy atom. The fourth-order valence-corrected chi connectivity index (χ4v) is 1.90. The van der Waals surface area contributed by atoms with Gasteiger partial charge in [0.15, 0.2) is 0 Å². The summed E-state index contributed by atoms with van der Waals surface area (Å²) < 4.78 is 0. The van der Waals surface area contributed by atoms with E-state index in [-0.39, 0.29) is 0 Å². The van der Waals surface area contributed by atoms with Crippen LogP contribution in [-0.2, 0) is 13.0 Å². The minimum atomic E-state index is 0.851. The molecule has 0 radical (unpaired) electrons. The van der Waals surface area contributed by atoms with Crippen LogP contribution in [0.4, 0.5) is 0 Å². The van der Waals surface area contributed by atoms with E-state index in [1.807, 2.05) is 25.2 Å². The van der Waals surface area contributed by atoms with Crippen molar-refractivity contribution in [2.45, 2.75) is 19.9 Å². The lowest BCUT2D eigenvalue weighted by atomic mass is 10.0. The van der Waals surface area contributed by atoms with Gasteiger partial charge >= 0.3 is 0 Å². The molecule has 0 aliphatic carbocycles. The van der Waals surface area contributed by atoms with Crippen molar-refractivity contribution < 1.29 is 0 Å². The van der Waals surface area contributed by atoms with Gasteiger partial charge in [0, 0.05) is 23.4 Å². The van der Waals surface area contributed by atoms with Gasteiger partial charge in [0.2, 0.25) is 0 Å². The molecule has 2 rings (SSSR count). The zero-order valence-electron chi connectivity index (χ0n) is 9.75. The number of nitrogens with one attached hydrogen (secondary N) is 2. The number of aromatic nitrogens is 2. The molecule has 2 N–H and O–H groups in total. The molecule has 0 saturated heterocycles. The number of benzene rings is 1. The van der Waals surface area contributed by atoms with Crippen LogP contribution in [0.5, 0.6) is 0 Å². The smallest absolute Gasteiger partial charge is 0.0968 e. The first-order valence-electron chi connectivity index (χ1n) is 5.63. The number of hydrogen-bond acceptors (Lipinski definition) is 2. The van der Waals surface area contributed by atoms with Crippen molar-refractivity contribution in [3.63, 3.8) is 0 Å². The molecule has 1 aromatic carbocycles. The summed E-state index contributed by atoms with van der Waals surface area (Å²) in [6.45, 7) is 2.99. The molecule has 1 heterocycles. The third kappa shape index (κ3) is 1.99. The van der Waals surface area contributed by atoms with E-state index in [1.54, 1.807) is 0 Å². The standard InChI is InChI=1S/C13H17N3/c1-3-12-11(9-14-2)13(16-15-12)10-7-5-4-6-8-10/h4-8,14H,3,9H2,1-2H3,(H,15,16). The molecular weight excluding hydrogens is 198 g/mol. The van der Waals surface area contributed by atoms with E-state index in [9.17, 15) is 0 Å². The molecule has 3 nitrogen and oxygen atoms in total. The topological polar surface area (TPSA) is 40.7 Å². The Morgan fingerprint density at radius 2 is 2.00 bits per heavy atom. The first-order chi connectivity index (χ1) is 7.86. The van der Waals surface area contributed by atoms with E-state index >= 15 is 0 Å². The Balaban J connectivity index is 2.44. The summed E-state index contributed by atoms with van der Waals surface area (Å²) in [4.78, 5) is 0. The maximum Gasteiger partial charge on any atom is 0.0968 e. The molecule has 0 aliphatic rings. The summed E-state index contributed by atoms with van der Waals surface area (Å²) in [5.41, 5.74) is 4.72. The summed E-state index contributed by atoms with van der Waals surface area (Å²) in [6, 6.07) is 10.3. The number of rotatable bonds is 4. The van der Waals surface area contributed by atoms with Crippen LogP contribution in [0.3, 0.4) is 0 Å². The van der Waals surface area contributed by atoms with Crippen molar-refractivity contribution >= 4 is 0 Å². The summed E-state index contributed by atoms with van der Waals surface area (Å²) in [6.07, 6.45) is 0.983. The van der Waals surface area contributed by atoms with Crippen molar-refractivity contribution in [2.24, 2.45) is 0 Å². The average molecular weight is 215 g/mol. The van der Waals surface area contributed by atoms with Gasteiger partial charge in [-0.15, -0.1) is 0 Å². The van der Waals surface area contributed by atoms with Crippen LogP contribution in [-0.4, -0.2) is 17.2 Å². The zero-order chi connectivity index (χ0) is 11.4. The lowest BCUT2D eigenvalue weighted by Gasteiger charge is -2.03.